The maximum atomic E-state index is 6.00. The average molecular weight is 229 g/mol. The van der Waals surface area contributed by atoms with E-state index in [-0.39, 0.29) is 12.1 Å². The van der Waals surface area contributed by atoms with Gasteiger partial charge in [0.15, 0.2) is 0 Å². The van der Waals surface area contributed by atoms with Crippen LogP contribution in [-0.2, 0) is 9.47 Å². The molecular weight excluding hydrogens is 202 g/mol. The second-order valence-electron chi connectivity index (χ2n) is 4.86. The van der Waals surface area contributed by atoms with E-state index >= 15 is 0 Å². The van der Waals surface area contributed by atoms with Gasteiger partial charge in [0.1, 0.15) is 0 Å². The van der Waals surface area contributed by atoms with Crippen LogP contribution in [0.5, 0.6) is 0 Å². The Morgan fingerprint density at radius 1 is 1.38 bits per heavy atom. The molecular formula is C13H27NO2. The zero-order chi connectivity index (χ0) is 11.8. The molecule has 1 rings (SSSR count). The molecule has 1 aliphatic heterocycles. The maximum absolute atomic E-state index is 6.00. The van der Waals surface area contributed by atoms with Gasteiger partial charge in [-0.1, -0.05) is 32.6 Å². The van der Waals surface area contributed by atoms with Crippen LogP contribution in [0.2, 0.25) is 0 Å². The Morgan fingerprint density at radius 3 is 2.88 bits per heavy atom. The maximum Gasteiger partial charge on any atom is 0.0963 e. The minimum atomic E-state index is 0.106. The molecule has 0 radical (unpaired) electrons. The number of nitrogens with two attached hydrogens (primary N) is 1. The van der Waals surface area contributed by atoms with Crippen molar-refractivity contribution in [3.63, 3.8) is 0 Å². The van der Waals surface area contributed by atoms with Crippen molar-refractivity contribution in [2.24, 2.45) is 5.73 Å². The standard InChI is InChI=1S/C13H27NO2/c1-3-4-5-6-7-11(2)16-13-10-15-9-8-12(13)14/h11-13H,3-10,14H2,1-2H3. The molecule has 1 fully saturated rings. The van der Waals surface area contributed by atoms with E-state index < -0.39 is 0 Å². The quantitative estimate of drug-likeness (QED) is 0.682. The molecule has 0 spiro atoms. The van der Waals surface area contributed by atoms with Gasteiger partial charge in [0.25, 0.3) is 0 Å². The smallest absolute Gasteiger partial charge is 0.0963 e. The molecule has 96 valence electrons. The summed E-state index contributed by atoms with van der Waals surface area (Å²) in [5, 5.41) is 0. The highest BCUT2D eigenvalue weighted by Crippen LogP contribution is 2.15. The van der Waals surface area contributed by atoms with E-state index in [2.05, 4.69) is 13.8 Å². The van der Waals surface area contributed by atoms with E-state index in [0.717, 1.165) is 19.4 Å². The van der Waals surface area contributed by atoms with Gasteiger partial charge in [0.05, 0.1) is 18.8 Å². The van der Waals surface area contributed by atoms with Crippen LogP contribution in [0.15, 0.2) is 0 Å². The van der Waals surface area contributed by atoms with Gasteiger partial charge < -0.3 is 15.2 Å². The molecule has 0 amide bonds. The van der Waals surface area contributed by atoms with Crippen LogP contribution in [0.25, 0.3) is 0 Å². The molecule has 3 atom stereocenters. The van der Waals surface area contributed by atoms with Gasteiger partial charge in [0.2, 0.25) is 0 Å². The normalized spacial score (nSPS) is 27.9. The second kappa shape index (κ2) is 8.04. The number of unbranched alkanes of at least 4 members (excludes halogenated alkanes) is 3. The average Bonchev–Trinajstić information content (AvgIpc) is 2.28. The van der Waals surface area contributed by atoms with Gasteiger partial charge in [-0.3, -0.25) is 0 Å². The highest BCUT2D eigenvalue weighted by Gasteiger charge is 2.24. The summed E-state index contributed by atoms with van der Waals surface area (Å²) in [6.45, 7) is 5.83. The number of hydrogen-bond donors (Lipinski definition) is 1. The topological polar surface area (TPSA) is 44.5 Å². The van der Waals surface area contributed by atoms with Gasteiger partial charge in [-0.25, -0.2) is 0 Å². The van der Waals surface area contributed by atoms with Crippen molar-refractivity contribution >= 4 is 0 Å². The summed E-state index contributed by atoms with van der Waals surface area (Å²) >= 11 is 0. The van der Waals surface area contributed by atoms with Gasteiger partial charge >= 0.3 is 0 Å². The van der Waals surface area contributed by atoms with Crippen LogP contribution >= 0.6 is 0 Å². The highest BCUT2D eigenvalue weighted by molar-refractivity contribution is 4.77. The first-order valence-electron chi connectivity index (χ1n) is 6.72. The summed E-state index contributed by atoms with van der Waals surface area (Å²) in [5.74, 6) is 0. The number of rotatable bonds is 7. The number of ether oxygens (including phenoxy) is 2. The minimum absolute atomic E-state index is 0.106. The Bertz CT molecular complexity index is 175. The van der Waals surface area contributed by atoms with Crippen LogP contribution in [0.4, 0.5) is 0 Å². The van der Waals surface area contributed by atoms with Gasteiger partial charge in [-0.15, -0.1) is 0 Å². The summed E-state index contributed by atoms with van der Waals surface area (Å²) in [6.07, 6.45) is 7.69. The van der Waals surface area contributed by atoms with E-state index in [0.29, 0.717) is 12.7 Å². The summed E-state index contributed by atoms with van der Waals surface area (Å²) in [5.41, 5.74) is 6.00. The summed E-state index contributed by atoms with van der Waals surface area (Å²) in [4.78, 5) is 0. The predicted octanol–water partition coefficient (Wildman–Crippen LogP) is 2.48. The Kier molecular flexibility index (Phi) is 7.01. The zero-order valence-corrected chi connectivity index (χ0v) is 10.8. The van der Waals surface area contributed by atoms with Crippen molar-refractivity contribution in [2.45, 2.75) is 70.6 Å². The fourth-order valence-electron chi connectivity index (χ4n) is 2.09. The van der Waals surface area contributed by atoms with Crippen LogP contribution in [0.3, 0.4) is 0 Å². The van der Waals surface area contributed by atoms with Gasteiger partial charge in [0, 0.05) is 12.6 Å². The summed E-state index contributed by atoms with van der Waals surface area (Å²) < 4.78 is 11.3. The van der Waals surface area contributed by atoms with Crippen LogP contribution in [-0.4, -0.2) is 31.5 Å². The molecule has 3 heteroatoms. The molecule has 0 aliphatic carbocycles. The molecule has 16 heavy (non-hydrogen) atoms. The van der Waals surface area contributed by atoms with E-state index in [9.17, 15) is 0 Å². The molecule has 0 aromatic heterocycles. The molecule has 1 heterocycles. The van der Waals surface area contributed by atoms with Crippen LogP contribution < -0.4 is 5.73 Å². The first-order valence-corrected chi connectivity index (χ1v) is 6.72. The second-order valence-corrected chi connectivity index (χ2v) is 4.86. The molecule has 0 aromatic rings. The molecule has 2 N–H and O–H groups in total. The Hall–Kier alpha value is -0.120. The fraction of sp³-hybridized carbons (Fsp3) is 1.00. The minimum Gasteiger partial charge on any atom is -0.379 e. The third-order valence-corrected chi connectivity index (χ3v) is 3.23. The third-order valence-electron chi connectivity index (χ3n) is 3.23. The third kappa shape index (κ3) is 5.28. The fourth-order valence-corrected chi connectivity index (χ4v) is 2.09. The first kappa shape index (κ1) is 13.9. The van der Waals surface area contributed by atoms with Crippen molar-refractivity contribution < 1.29 is 9.47 Å². The molecule has 0 saturated carbocycles. The van der Waals surface area contributed by atoms with Crippen molar-refractivity contribution in [1.29, 1.82) is 0 Å². The SMILES string of the molecule is CCCCCCC(C)OC1COCCC1N. The lowest BCUT2D eigenvalue weighted by atomic mass is 10.1. The van der Waals surface area contributed by atoms with Crippen molar-refractivity contribution in [1.82, 2.24) is 0 Å². The Morgan fingerprint density at radius 2 is 2.19 bits per heavy atom. The Labute approximate surface area is 99.7 Å². The summed E-state index contributed by atoms with van der Waals surface area (Å²) in [6, 6.07) is 0.159. The van der Waals surface area contributed by atoms with Gasteiger partial charge in [-0.05, 0) is 19.8 Å². The molecule has 0 bridgehead atoms. The number of hydrogen-bond acceptors (Lipinski definition) is 3. The van der Waals surface area contributed by atoms with Gasteiger partial charge in [-0.2, -0.15) is 0 Å². The summed E-state index contributed by atoms with van der Waals surface area (Å²) in [7, 11) is 0. The molecule has 3 unspecified atom stereocenters. The lowest BCUT2D eigenvalue weighted by Crippen LogP contribution is -2.45. The highest BCUT2D eigenvalue weighted by atomic mass is 16.5. The van der Waals surface area contributed by atoms with Crippen molar-refractivity contribution in [3.8, 4) is 0 Å². The van der Waals surface area contributed by atoms with Crippen LogP contribution in [0, 0.1) is 0 Å². The van der Waals surface area contributed by atoms with E-state index in [1.807, 2.05) is 0 Å². The molecule has 1 saturated heterocycles. The van der Waals surface area contributed by atoms with Crippen molar-refractivity contribution in [3.05, 3.63) is 0 Å². The molecule has 3 nitrogen and oxygen atoms in total. The zero-order valence-electron chi connectivity index (χ0n) is 10.8. The van der Waals surface area contributed by atoms with E-state index in [1.165, 1.54) is 25.7 Å². The largest absolute Gasteiger partial charge is 0.379 e. The van der Waals surface area contributed by atoms with E-state index in [4.69, 9.17) is 15.2 Å². The van der Waals surface area contributed by atoms with E-state index in [1.54, 1.807) is 0 Å². The molecule has 1 aliphatic rings. The lowest BCUT2D eigenvalue weighted by Gasteiger charge is -2.31. The van der Waals surface area contributed by atoms with Crippen LogP contribution in [0.1, 0.15) is 52.4 Å². The molecule has 0 aromatic carbocycles. The van der Waals surface area contributed by atoms with Crippen molar-refractivity contribution in [2.75, 3.05) is 13.2 Å². The monoisotopic (exact) mass is 229 g/mol. The Balaban J connectivity index is 2.09. The predicted molar refractivity (Wildman–Crippen MR) is 66.5 cm³/mol. The lowest BCUT2D eigenvalue weighted by molar-refractivity contribution is -0.0903. The first-order chi connectivity index (χ1) is 7.74.